The minimum atomic E-state index is -1.34. The summed E-state index contributed by atoms with van der Waals surface area (Å²) in [6.45, 7) is 0. The highest BCUT2D eigenvalue weighted by Gasteiger charge is 2.08. The topological polar surface area (TPSA) is 80.1 Å². The van der Waals surface area contributed by atoms with Crippen LogP contribution in [0.1, 0.15) is 10.4 Å². The summed E-state index contributed by atoms with van der Waals surface area (Å²) in [5.41, 5.74) is -0.208. The molecule has 0 atom stereocenters. The van der Waals surface area contributed by atoms with Crippen LogP contribution >= 0.6 is 0 Å². The zero-order chi connectivity index (χ0) is 9.14. The van der Waals surface area contributed by atoms with E-state index < -0.39 is 10.9 Å². The molecular formula is C7H4NO4. The third-order valence-electron chi connectivity index (χ3n) is 1.31. The lowest BCUT2D eigenvalue weighted by Crippen LogP contribution is -1.94. The molecule has 61 valence electrons. The van der Waals surface area contributed by atoms with Crippen molar-refractivity contribution in [3.05, 3.63) is 39.9 Å². The standard InChI is InChI=1S/C7H4NO4/c9-7(10)5-1-3-6(4-2-5)8(11)12/h1-4H. The summed E-state index contributed by atoms with van der Waals surface area (Å²) in [6, 6.07) is 4.50. The summed E-state index contributed by atoms with van der Waals surface area (Å²) in [5, 5.41) is 20.3. The number of nitro benzene ring substituents is 1. The van der Waals surface area contributed by atoms with Crippen molar-refractivity contribution in [1.82, 2.24) is 0 Å². The number of hydrogen-bond acceptors (Lipinski definition) is 3. The molecule has 0 unspecified atom stereocenters. The lowest BCUT2D eigenvalue weighted by molar-refractivity contribution is -0.384. The van der Waals surface area contributed by atoms with Crippen molar-refractivity contribution < 1.29 is 14.8 Å². The number of hydrogen-bond donors (Lipinski definition) is 0. The quantitative estimate of drug-likeness (QED) is 0.488. The highest BCUT2D eigenvalue weighted by Crippen LogP contribution is 2.11. The molecule has 0 spiro atoms. The van der Waals surface area contributed by atoms with E-state index in [4.69, 9.17) is 0 Å². The van der Waals surface area contributed by atoms with Crippen molar-refractivity contribution in [2.45, 2.75) is 0 Å². The van der Waals surface area contributed by atoms with Crippen LogP contribution in [-0.4, -0.2) is 10.9 Å². The summed E-state index contributed by atoms with van der Waals surface area (Å²) in [5.74, 6) is -1.34. The molecule has 1 rings (SSSR count). The molecule has 1 radical (unpaired) electrons. The first-order valence-electron chi connectivity index (χ1n) is 3.07. The lowest BCUT2D eigenvalue weighted by Gasteiger charge is -1.90. The Bertz CT molecular complexity index is 284. The van der Waals surface area contributed by atoms with E-state index in [1.165, 1.54) is 0 Å². The van der Waals surface area contributed by atoms with E-state index in [1.54, 1.807) is 0 Å². The zero-order valence-electron chi connectivity index (χ0n) is 5.89. The summed E-state index contributed by atoms with van der Waals surface area (Å²) >= 11 is 0. The normalized spacial score (nSPS) is 9.33. The first-order chi connectivity index (χ1) is 5.61. The van der Waals surface area contributed by atoms with Crippen LogP contribution < -0.4 is 0 Å². The number of nitrogens with zero attached hydrogens (tertiary/aromatic N) is 1. The van der Waals surface area contributed by atoms with Crippen LogP contribution in [0.15, 0.2) is 24.3 Å². The van der Waals surface area contributed by atoms with E-state index in [9.17, 15) is 20.0 Å². The van der Waals surface area contributed by atoms with Crippen LogP contribution in [0, 0.1) is 10.1 Å². The third-order valence-corrected chi connectivity index (χ3v) is 1.31. The summed E-state index contributed by atoms with van der Waals surface area (Å²) in [7, 11) is 0. The number of nitro groups is 1. The number of carbonyl (C=O) groups is 1. The maximum atomic E-state index is 10.2. The summed E-state index contributed by atoms with van der Waals surface area (Å²) < 4.78 is 0. The number of rotatable bonds is 2. The van der Waals surface area contributed by atoms with Crippen LogP contribution in [0.3, 0.4) is 0 Å². The average molecular weight is 166 g/mol. The van der Waals surface area contributed by atoms with Gasteiger partial charge in [0.2, 0.25) is 0 Å². The molecule has 0 amide bonds. The summed E-state index contributed by atoms with van der Waals surface area (Å²) in [4.78, 5) is 19.7. The molecule has 12 heavy (non-hydrogen) atoms. The van der Waals surface area contributed by atoms with Crippen LogP contribution in [0.25, 0.3) is 0 Å². The fourth-order valence-corrected chi connectivity index (χ4v) is 0.719. The molecule has 0 aliphatic carbocycles. The second-order valence-corrected chi connectivity index (χ2v) is 2.09. The van der Waals surface area contributed by atoms with Gasteiger partial charge in [0.1, 0.15) is 0 Å². The fourth-order valence-electron chi connectivity index (χ4n) is 0.719. The van der Waals surface area contributed by atoms with Gasteiger partial charge in [-0.15, -0.1) is 0 Å². The second kappa shape index (κ2) is 3.00. The van der Waals surface area contributed by atoms with E-state index in [1.807, 2.05) is 0 Å². The molecule has 0 saturated heterocycles. The number of carbonyl (C=O) groups excluding carboxylic acids is 1. The first kappa shape index (κ1) is 8.19. The first-order valence-corrected chi connectivity index (χ1v) is 3.07. The van der Waals surface area contributed by atoms with E-state index in [0.717, 1.165) is 24.3 Å². The highest BCUT2D eigenvalue weighted by atomic mass is 16.6. The molecule has 5 heteroatoms. The Labute approximate surface area is 67.4 Å². The molecule has 0 aliphatic heterocycles. The molecule has 1 aromatic carbocycles. The van der Waals surface area contributed by atoms with Crippen molar-refractivity contribution >= 4 is 11.7 Å². The Morgan fingerprint density at radius 3 is 2.08 bits per heavy atom. The maximum Gasteiger partial charge on any atom is 0.386 e. The largest absolute Gasteiger partial charge is 0.386 e. The zero-order valence-corrected chi connectivity index (χ0v) is 5.89. The Hall–Kier alpha value is -1.91. The van der Waals surface area contributed by atoms with Gasteiger partial charge in [-0.05, 0) is 12.1 Å². The molecule has 0 aromatic heterocycles. The minimum absolute atomic E-state index is 0.0689. The van der Waals surface area contributed by atoms with Gasteiger partial charge in [0.25, 0.3) is 5.69 Å². The van der Waals surface area contributed by atoms with Gasteiger partial charge in [0.15, 0.2) is 0 Å². The monoisotopic (exact) mass is 166 g/mol. The smallest absolute Gasteiger partial charge is 0.258 e. The summed E-state index contributed by atoms with van der Waals surface area (Å²) in [6.07, 6.45) is 0. The van der Waals surface area contributed by atoms with E-state index in [2.05, 4.69) is 0 Å². The molecule has 0 heterocycles. The predicted octanol–water partition coefficient (Wildman–Crippen LogP) is 1.17. The third kappa shape index (κ3) is 1.57. The Morgan fingerprint density at radius 2 is 1.75 bits per heavy atom. The van der Waals surface area contributed by atoms with Gasteiger partial charge in [-0.1, -0.05) is 0 Å². The molecule has 0 aliphatic rings. The van der Waals surface area contributed by atoms with E-state index in [-0.39, 0.29) is 11.3 Å². The molecule has 0 bridgehead atoms. The van der Waals surface area contributed by atoms with Crippen LogP contribution in [0.5, 0.6) is 0 Å². The molecule has 5 nitrogen and oxygen atoms in total. The van der Waals surface area contributed by atoms with Gasteiger partial charge in [0, 0.05) is 12.1 Å². The van der Waals surface area contributed by atoms with E-state index >= 15 is 0 Å². The predicted molar refractivity (Wildman–Crippen MR) is 38.1 cm³/mol. The number of non-ortho nitro benzene ring substituents is 1. The van der Waals surface area contributed by atoms with Crippen molar-refractivity contribution in [3.63, 3.8) is 0 Å². The molecular weight excluding hydrogens is 162 g/mol. The Balaban J connectivity index is 3.01. The highest BCUT2D eigenvalue weighted by molar-refractivity contribution is 5.87. The van der Waals surface area contributed by atoms with E-state index in [0.29, 0.717) is 0 Å². The SMILES string of the molecule is [O]C(=O)c1ccc([N+](=O)[O-])cc1. The van der Waals surface area contributed by atoms with Crippen molar-refractivity contribution in [1.29, 1.82) is 0 Å². The average Bonchev–Trinajstić information content (AvgIpc) is 2.04. The van der Waals surface area contributed by atoms with Gasteiger partial charge in [0.05, 0.1) is 10.5 Å². The van der Waals surface area contributed by atoms with Gasteiger partial charge < -0.3 is 0 Å². The Kier molecular flexibility index (Phi) is 2.05. The lowest BCUT2D eigenvalue weighted by atomic mass is 10.2. The van der Waals surface area contributed by atoms with Crippen LogP contribution in [-0.2, 0) is 5.11 Å². The molecule has 1 aromatic rings. The van der Waals surface area contributed by atoms with Crippen molar-refractivity contribution in [2.24, 2.45) is 0 Å². The molecule has 0 saturated carbocycles. The van der Waals surface area contributed by atoms with Crippen LogP contribution in [0.4, 0.5) is 5.69 Å². The Morgan fingerprint density at radius 1 is 1.25 bits per heavy atom. The van der Waals surface area contributed by atoms with Gasteiger partial charge in [-0.2, -0.15) is 0 Å². The van der Waals surface area contributed by atoms with Crippen molar-refractivity contribution in [3.8, 4) is 0 Å². The van der Waals surface area contributed by atoms with Gasteiger partial charge in [-0.25, -0.2) is 9.90 Å². The van der Waals surface area contributed by atoms with Gasteiger partial charge >= 0.3 is 5.97 Å². The fraction of sp³-hybridized carbons (Fsp3) is 0. The van der Waals surface area contributed by atoms with Crippen LogP contribution in [0.2, 0.25) is 0 Å². The number of benzene rings is 1. The maximum absolute atomic E-state index is 10.2. The minimum Gasteiger partial charge on any atom is -0.258 e. The second-order valence-electron chi connectivity index (χ2n) is 2.09. The van der Waals surface area contributed by atoms with Crippen molar-refractivity contribution in [2.75, 3.05) is 0 Å². The molecule has 0 N–H and O–H groups in total. The van der Waals surface area contributed by atoms with Gasteiger partial charge in [-0.3, -0.25) is 10.1 Å². The molecule has 0 fully saturated rings.